The van der Waals surface area contributed by atoms with Gasteiger partial charge >= 0.3 is 0 Å². The molecule has 0 atom stereocenters. The summed E-state index contributed by atoms with van der Waals surface area (Å²) in [5.41, 5.74) is -0.0936. The zero-order chi connectivity index (χ0) is 26.0. The van der Waals surface area contributed by atoms with Gasteiger partial charge in [0.05, 0.1) is 12.2 Å². The standard InChI is InChI=1S/C28H25F7O/c1-2-3-16-8-24(33)28(25(34)9-16)36-14-15-4-6-17(7-5-15)18-10-20(29)26(21(30)11-18)19-12-22(31)27(35)23(32)13-19/h8-13,15,17H,2-7,14H2,1H3/t15-,17-. The van der Waals surface area contributed by atoms with Gasteiger partial charge in [-0.1, -0.05) is 13.3 Å². The monoisotopic (exact) mass is 510 g/mol. The van der Waals surface area contributed by atoms with E-state index >= 15 is 0 Å². The molecule has 4 rings (SSSR count). The Kier molecular flexibility index (Phi) is 7.91. The average molecular weight is 510 g/mol. The third kappa shape index (κ3) is 5.52. The Morgan fingerprint density at radius 1 is 0.694 bits per heavy atom. The van der Waals surface area contributed by atoms with Gasteiger partial charge < -0.3 is 4.74 Å². The first-order chi connectivity index (χ1) is 17.2. The van der Waals surface area contributed by atoms with Crippen LogP contribution in [0.1, 0.15) is 56.1 Å². The predicted molar refractivity (Wildman–Crippen MR) is 122 cm³/mol. The fraction of sp³-hybridized carbons (Fsp3) is 0.357. The van der Waals surface area contributed by atoms with Crippen LogP contribution in [0.2, 0.25) is 0 Å². The second-order valence-corrected chi connectivity index (χ2v) is 9.28. The van der Waals surface area contributed by atoms with E-state index in [1.54, 1.807) is 0 Å². The first-order valence-corrected chi connectivity index (χ1v) is 11.9. The molecule has 3 aromatic rings. The van der Waals surface area contributed by atoms with E-state index in [1.165, 1.54) is 12.1 Å². The van der Waals surface area contributed by atoms with Crippen LogP contribution < -0.4 is 4.74 Å². The molecular weight excluding hydrogens is 485 g/mol. The smallest absolute Gasteiger partial charge is 0.194 e. The van der Waals surface area contributed by atoms with Gasteiger partial charge in [-0.15, -0.1) is 0 Å². The normalized spacial score (nSPS) is 17.9. The van der Waals surface area contributed by atoms with Gasteiger partial charge in [0.15, 0.2) is 34.8 Å². The zero-order valence-corrected chi connectivity index (χ0v) is 19.6. The highest BCUT2D eigenvalue weighted by molar-refractivity contribution is 5.65. The van der Waals surface area contributed by atoms with Gasteiger partial charge in [0.25, 0.3) is 0 Å². The lowest BCUT2D eigenvalue weighted by atomic mass is 9.78. The van der Waals surface area contributed by atoms with Gasteiger partial charge in [-0.25, -0.2) is 30.7 Å². The molecular formula is C28H25F7O. The van der Waals surface area contributed by atoms with Gasteiger partial charge in [0.1, 0.15) is 11.6 Å². The van der Waals surface area contributed by atoms with Crippen molar-refractivity contribution in [2.75, 3.05) is 6.61 Å². The lowest BCUT2D eigenvalue weighted by Crippen LogP contribution is -2.20. The summed E-state index contributed by atoms with van der Waals surface area (Å²) in [4.78, 5) is 0. The zero-order valence-electron chi connectivity index (χ0n) is 19.6. The van der Waals surface area contributed by atoms with Gasteiger partial charge in [-0.2, -0.15) is 0 Å². The van der Waals surface area contributed by atoms with E-state index in [9.17, 15) is 30.7 Å². The quantitative estimate of drug-likeness (QED) is 0.228. The molecule has 0 heterocycles. The predicted octanol–water partition coefficient (Wildman–Crippen LogP) is 8.63. The molecule has 192 valence electrons. The second kappa shape index (κ2) is 10.9. The molecule has 1 nitrogen and oxygen atoms in total. The summed E-state index contributed by atoms with van der Waals surface area (Å²) in [5, 5.41) is 0. The van der Waals surface area contributed by atoms with Crippen LogP contribution in [-0.4, -0.2) is 6.61 Å². The Balaban J connectivity index is 1.40. The summed E-state index contributed by atoms with van der Waals surface area (Å²) < 4.78 is 104. The number of benzene rings is 3. The van der Waals surface area contributed by atoms with Gasteiger partial charge in [-0.3, -0.25) is 0 Å². The minimum Gasteiger partial charge on any atom is -0.487 e. The molecule has 0 aliphatic heterocycles. The summed E-state index contributed by atoms with van der Waals surface area (Å²) in [6, 6.07) is 5.91. The molecule has 0 amide bonds. The number of halogens is 7. The van der Waals surface area contributed by atoms with Crippen LogP contribution in [-0.2, 0) is 6.42 Å². The van der Waals surface area contributed by atoms with Crippen LogP contribution in [0, 0.1) is 46.6 Å². The largest absolute Gasteiger partial charge is 0.487 e. The molecule has 0 radical (unpaired) electrons. The topological polar surface area (TPSA) is 9.23 Å². The van der Waals surface area contributed by atoms with Crippen molar-refractivity contribution in [3.8, 4) is 16.9 Å². The molecule has 0 unspecified atom stereocenters. The first-order valence-electron chi connectivity index (χ1n) is 11.9. The Bertz CT molecular complexity index is 1180. The van der Waals surface area contributed by atoms with Crippen LogP contribution in [0.4, 0.5) is 30.7 Å². The third-order valence-corrected chi connectivity index (χ3v) is 6.72. The summed E-state index contributed by atoms with van der Waals surface area (Å²) >= 11 is 0. The molecule has 3 aromatic carbocycles. The van der Waals surface area contributed by atoms with Crippen LogP contribution in [0.5, 0.6) is 5.75 Å². The van der Waals surface area contributed by atoms with Crippen LogP contribution >= 0.6 is 0 Å². The molecule has 0 N–H and O–H groups in total. The maximum atomic E-state index is 14.8. The Hall–Kier alpha value is -3.03. The van der Waals surface area contributed by atoms with Gasteiger partial charge in [0, 0.05) is 0 Å². The molecule has 0 spiro atoms. The summed E-state index contributed by atoms with van der Waals surface area (Å²) in [7, 11) is 0. The van der Waals surface area contributed by atoms with E-state index in [4.69, 9.17) is 4.74 Å². The van der Waals surface area contributed by atoms with Crippen molar-refractivity contribution < 1.29 is 35.5 Å². The number of rotatable bonds is 7. The van der Waals surface area contributed by atoms with E-state index in [1.807, 2.05) is 6.92 Å². The minimum absolute atomic E-state index is 0.0227. The number of hydrogen-bond donors (Lipinski definition) is 0. The third-order valence-electron chi connectivity index (χ3n) is 6.72. The van der Waals surface area contributed by atoms with Crippen LogP contribution in [0.25, 0.3) is 11.1 Å². The van der Waals surface area contributed by atoms with Crippen molar-refractivity contribution >= 4 is 0 Å². The molecule has 1 aliphatic rings. The SMILES string of the molecule is CCCc1cc(F)c(OC[C@H]2CC[C@H](c3cc(F)c(-c4cc(F)c(F)c(F)c4)c(F)c3)CC2)c(F)c1. The van der Waals surface area contributed by atoms with Crippen molar-refractivity contribution in [3.05, 3.63) is 88.2 Å². The van der Waals surface area contributed by atoms with Crippen molar-refractivity contribution in [2.45, 2.75) is 51.4 Å². The fourth-order valence-corrected chi connectivity index (χ4v) is 4.85. The molecule has 1 saturated carbocycles. The van der Waals surface area contributed by atoms with Crippen LogP contribution in [0.15, 0.2) is 36.4 Å². The molecule has 1 fully saturated rings. The number of hydrogen-bond acceptors (Lipinski definition) is 1. The van der Waals surface area contributed by atoms with Crippen molar-refractivity contribution in [1.29, 1.82) is 0 Å². The first kappa shape index (κ1) is 26.0. The summed E-state index contributed by atoms with van der Waals surface area (Å²) in [5.74, 6) is -8.80. The van der Waals surface area contributed by atoms with Crippen LogP contribution in [0.3, 0.4) is 0 Å². The van der Waals surface area contributed by atoms with Crippen molar-refractivity contribution in [3.63, 3.8) is 0 Å². The average Bonchev–Trinajstić information content (AvgIpc) is 2.82. The molecule has 36 heavy (non-hydrogen) atoms. The second-order valence-electron chi connectivity index (χ2n) is 9.28. The Morgan fingerprint density at radius 2 is 1.25 bits per heavy atom. The maximum absolute atomic E-state index is 14.8. The van der Waals surface area contributed by atoms with Crippen molar-refractivity contribution in [2.24, 2.45) is 5.92 Å². The molecule has 0 saturated heterocycles. The summed E-state index contributed by atoms with van der Waals surface area (Å²) in [6.45, 7) is 2.04. The molecule has 0 bridgehead atoms. The van der Waals surface area contributed by atoms with E-state index in [0.29, 0.717) is 55.4 Å². The fourth-order valence-electron chi connectivity index (χ4n) is 4.85. The molecule has 1 aliphatic carbocycles. The van der Waals surface area contributed by atoms with E-state index in [2.05, 4.69) is 0 Å². The van der Waals surface area contributed by atoms with Crippen molar-refractivity contribution in [1.82, 2.24) is 0 Å². The lowest BCUT2D eigenvalue weighted by Gasteiger charge is -2.29. The van der Waals surface area contributed by atoms with Gasteiger partial charge in [-0.05, 0) is 97.0 Å². The highest BCUT2D eigenvalue weighted by Crippen LogP contribution is 2.39. The number of ether oxygens (including phenoxy) is 1. The minimum atomic E-state index is -1.71. The van der Waals surface area contributed by atoms with E-state index in [-0.39, 0.29) is 18.4 Å². The Morgan fingerprint density at radius 3 is 1.78 bits per heavy atom. The van der Waals surface area contributed by atoms with E-state index < -0.39 is 57.6 Å². The van der Waals surface area contributed by atoms with E-state index in [0.717, 1.165) is 18.6 Å². The highest BCUT2D eigenvalue weighted by Gasteiger charge is 2.26. The number of aryl methyl sites for hydroxylation is 1. The maximum Gasteiger partial charge on any atom is 0.194 e. The Labute approximate surface area is 204 Å². The lowest BCUT2D eigenvalue weighted by molar-refractivity contribution is 0.187. The van der Waals surface area contributed by atoms with Gasteiger partial charge in [0.2, 0.25) is 0 Å². The molecule has 0 aromatic heterocycles. The summed E-state index contributed by atoms with van der Waals surface area (Å²) in [6.07, 6.45) is 3.74. The molecule has 8 heteroatoms. The highest BCUT2D eigenvalue weighted by atomic mass is 19.2.